The molecule has 0 bridgehead atoms. The first-order valence-corrected chi connectivity index (χ1v) is 9.80. The van der Waals surface area contributed by atoms with Crippen LogP contribution >= 0.6 is 0 Å². The van der Waals surface area contributed by atoms with Gasteiger partial charge in [0, 0.05) is 31.7 Å². The molecule has 2 aromatic rings. The summed E-state index contributed by atoms with van der Waals surface area (Å²) in [7, 11) is 0. The van der Waals surface area contributed by atoms with Gasteiger partial charge in [-0.25, -0.2) is 4.79 Å². The lowest BCUT2D eigenvalue weighted by molar-refractivity contribution is 0.0717. The van der Waals surface area contributed by atoms with E-state index in [2.05, 4.69) is 0 Å². The van der Waals surface area contributed by atoms with Gasteiger partial charge in [0.25, 0.3) is 11.8 Å². The van der Waals surface area contributed by atoms with E-state index in [0.29, 0.717) is 43.9 Å². The second kappa shape index (κ2) is 9.78. The van der Waals surface area contributed by atoms with Crippen LogP contribution in [0.4, 0.5) is 4.79 Å². The summed E-state index contributed by atoms with van der Waals surface area (Å²) in [5, 5.41) is 9.93. The summed E-state index contributed by atoms with van der Waals surface area (Å²) in [4.78, 5) is 40.2. The normalized spacial score (nSPS) is 14.0. The maximum absolute atomic E-state index is 12.8. The van der Waals surface area contributed by atoms with Gasteiger partial charge in [0.15, 0.2) is 0 Å². The minimum atomic E-state index is -0.793. The highest BCUT2D eigenvalue weighted by Gasteiger charge is 2.24. The van der Waals surface area contributed by atoms with E-state index < -0.39 is 6.16 Å². The van der Waals surface area contributed by atoms with Crippen LogP contribution in [-0.2, 0) is 4.74 Å². The Balaban J connectivity index is 1.61. The first kappa shape index (κ1) is 21.2. The molecule has 1 N–H and O–H groups in total. The molecular weight excluding hydrogens is 388 g/mol. The van der Waals surface area contributed by atoms with Crippen molar-refractivity contribution in [3.63, 3.8) is 0 Å². The number of benzene rings is 2. The first-order valence-electron chi connectivity index (χ1n) is 9.80. The zero-order valence-corrected chi connectivity index (χ0v) is 16.7. The van der Waals surface area contributed by atoms with Crippen molar-refractivity contribution in [2.45, 2.75) is 13.3 Å². The van der Waals surface area contributed by atoms with E-state index in [1.807, 2.05) is 0 Å². The van der Waals surface area contributed by atoms with Gasteiger partial charge in [0.05, 0.1) is 12.2 Å². The number of carbonyl (C=O) groups excluding carboxylic acids is 3. The lowest BCUT2D eigenvalue weighted by Crippen LogP contribution is -2.37. The van der Waals surface area contributed by atoms with Crippen molar-refractivity contribution < 1.29 is 29.0 Å². The number of ether oxygens (including phenoxy) is 2. The average molecular weight is 412 g/mol. The minimum absolute atomic E-state index is 0.0511. The van der Waals surface area contributed by atoms with Crippen LogP contribution in [0.3, 0.4) is 0 Å². The van der Waals surface area contributed by atoms with Crippen LogP contribution in [0.5, 0.6) is 11.5 Å². The fourth-order valence-electron chi connectivity index (χ4n) is 3.24. The number of carbonyl (C=O) groups is 3. The Hall–Kier alpha value is -3.55. The van der Waals surface area contributed by atoms with E-state index in [4.69, 9.17) is 9.47 Å². The maximum atomic E-state index is 12.8. The summed E-state index contributed by atoms with van der Waals surface area (Å²) in [6.07, 6.45) is -0.159. The number of para-hydroxylation sites is 1. The predicted molar refractivity (Wildman–Crippen MR) is 109 cm³/mol. The molecule has 2 aromatic carbocycles. The topological polar surface area (TPSA) is 96.4 Å². The third kappa shape index (κ3) is 5.08. The fourth-order valence-corrected chi connectivity index (χ4v) is 3.24. The Kier molecular flexibility index (Phi) is 6.90. The van der Waals surface area contributed by atoms with Crippen molar-refractivity contribution in [2.75, 3.05) is 32.8 Å². The van der Waals surface area contributed by atoms with Crippen molar-refractivity contribution in [3.8, 4) is 11.5 Å². The number of phenolic OH excluding ortho intramolecular Hbond substituents is 1. The van der Waals surface area contributed by atoms with Crippen LogP contribution in [0.25, 0.3) is 0 Å². The SMILES string of the molecule is CCOC(=O)Oc1ccc(C(=O)N2CCCN(C(=O)c3ccccc3O)CC2)cc1. The van der Waals surface area contributed by atoms with Gasteiger partial charge in [0.2, 0.25) is 0 Å². The summed E-state index contributed by atoms with van der Waals surface area (Å²) in [6, 6.07) is 12.7. The molecule has 0 atom stereocenters. The van der Waals surface area contributed by atoms with Crippen LogP contribution in [0.1, 0.15) is 34.1 Å². The molecule has 1 heterocycles. The maximum Gasteiger partial charge on any atom is 0.513 e. The second-order valence-corrected chi connectivity index (χ2v) is 6.76. The Morgan fingerprint density at radius 1 is 0.900 bits per heavy atom. The third-order valence-corrected chi connectivity index (χ3v) is 4.77. The third-order valence-electron chi connectivity index (χ3n) is 4.77. The molecular formula is C22H24N2O6. The van der Waals surface area contributed by atoms with Crippen molar-refractivity contribution in [1.29, 1.82) is 0 Å². The molecule has 0 radical (unpaired) electrons. The van der Waals surface area contributed by atoms with Crippen molar-refractivity contribution >= 4 is 18.0 Å². The summed E-state index contributed by atoms with van der Waals surface area (Å²) in [5.41, 5.74) is 0.723. The zero-order valence-electron chi connectivity index (χ0n) is 16.7. The summed E-state index contributed by atoms with van der Waals surface area (Å²) in [5.74, 6) is -0.164. The molecule has 0 aromatic heterocycles. The van der Waals surface area contributed by atoms with E-state index >= 15 is 0 Å². The van der Waals surface area contributed by atoms with E-state index in [0.717, 1.165) is 0 Å². The van der Waals surface area contributed by atoms with Gasteiger partial charge in [-0.05, 0) is 49.7 Å². The molecule has 1 aliphatic heterocycles. The van der Waals surface area contributed by atoms with Gasteiger partial charge in [0.1, 0.15) is 11.5 Å². The van der Waals surface area contributed by atoms with Gasteiger partial charge < -0.3 is 24.4 Å². The van der Waals surface area contributed by atoms with Gasteiger partial charge in [-0.3, -0.25) is 9.59 Å². The number of phenols is 1. The first-order chi connectivity index (χ1) is 14.5. The molecule has 0 unspecified atom stereocenters. The van der Waals surface area contributed by atoms with Crippen molar-refractivity contribution in [2.24, 2.45) is 0 Å². The minimum Gasteiger partial charge on any atom is -0.507 e. The Morgan fingerprint density at radius 3 is 2.17 bits per heavy atom. The van der Waals surface area contributed by atoms with Crippen molar-refractivity contribution in [1.82, 2.24) is 9.80 Å². The highest BCUT2D eigenvalue weighted by molar-refractivity contribution is 5.97. The standard InChI is InChI=1S/C22H24N2O6/c1-2-29-22(28)30-17-10-8-16(9-11-17)20(26)23-12-5-13-24(15-14-23)21(27)18-6-3-4-7-19(18)25/h3-4,6-11,25H,2,5,12-15H2,1H3. The second-order valence-electron chi connectivity index (χ2n) is 6.76. The molecule has 0 saturated carbocycles. The lowest BCUT2D eigenvalue weighted by Gasteiger charge is -2.22. The fraction of sp³-hybridized carbons (Fsp3) is 0.318. The largest absolute Gasteiger partial charge is 0.513 e. The number of amides is 2. The molecule has 2 amide bonds. The quantitative estimate of drug-likeness (QED) is 0.613. The number of hydrogen-bond acceptors (Lipinski definition) is 6. The monoisotopic (exact) mass is 412 g/mol. The van der Waals surface area contributed by atoms with Gasteiger partial charge in [-0.15, -0.1) is 0 Å². The molecule has 3 rings (SSSR count). The highest BCUT2D eigenvalue weighted by atomic mass is 16.7. The summed E-state index contributed by atoms with van der Waals surface area (Å²) < 4.78 is 9.71. The van der Waals surface area contributed by atoms with Crippen LogP contribution in [0.15, 0.2) is 48.5 Å². The van der Waals surface area contributed by atoms with Gasteiger partial charge in [-0.2, -0.15) is 0 Å². The van der Waals surface area contributed by atoms with E-state index in [-0.39, 0.29) is 29.7 Å². The molecule has 1 aliphatic rings. The summed E-state index contributed by atoms with van der Waals surface area (Å²) in [6.45, 7) is 3.69. The molecule has 1 saturated heterocycles. The number of nitrogens with zero attached hydrogens (tertiary/aromatic N) is 2. The number of aromatic hydroxyl groups is 1. The predicted octanol–water partition coefficient (Wildman–Crippen LogP) is 2.92. The molecule has 1 fully saturated rings. The number of rotatable bonds is 4. The molecule has 8 nitrogen and oxygen atoms in total. The molecule has 0 aliphatic carbocycles. The molecule has 30 heavy (non-hydrogen) atoms. The van der Waals surface area contributed by atoms with Crippen LogP contribution in [-0.4, -0.2) is 65.7 Å². The van der Waals surface area contributed by atoms with Crippen LogP contribution in [0.2, 0.25) is 0 Å². The molecule has 8 heteroatoms. The summed E-state index contributed by atoms with van der Waals surface area (Å²) >= 11 is 0. The van der Waals surface area contributed by atoms with Gasteiger partial charge >= 0.3 is 6.16 Å². The van der Waals surface area contributed by atoms with E-state index in [9.17, 15) is 19.5 Å². The van der Waals surface area contributed by atoms with E-state index in [1.54, 1.807) is 47.1 Å². The Morgan fingerprint density at radius 2 is 1.53 bits per heavy atom. The smallest absolute Gasteiger partial charge is 0.507 e. The van der Waals surface area contributed by atoms with Crippen molar-refractivity contribution in [3.05, 3.63) is 59.7 Å². The average Bonchev–Trinajstić information content (AvgIpc) is 3.00. The van der Waals surface area contributed by atoms with E-state index in [1.165, 1.54) is 18.2 Å². The van der Waals surface area contributed by atoms with Crippen LogP contribution < -0.4 is 4.74 Å². The van der Waals surface area contributed by atoms with Gasteiger partial charge in [-0.1, -0.05) is 12.1 Å². The zero-order chi connectivity index (χ0) is 21.5. The molecule has 0 spiro atoms. The highest BCUT2D eigenvalue weighted by Crippen LogP contribution is 2.20. The Labute approximate surface area is 174 Å². The number of hydrogen-bond donors (Lipinski definition) is 1. The Bertz CT molecular complexity index is 912. The lowest BCUT2D eigenvalue weighted by atomic mass is 10.1. The van der Waals surface area contributed by atoms with Crippen LogP contribution in [0, 0.1) is 0 Å². The molecule has 158 valence electrons.